The Labute approximate surface area is 210 Å². The van der Waals surface area contributed by atoms with Gasteiger partial charge in [-0.1, -0.05) is 205 Å². The van der Waals surface area contributed by atoms with Crippen LogP contribution in [0.5, 0.6) is 0 Å². The molecule has 0 N–H and O–H groups in total. The van der Waals surface area contributed by atoms with Crippen LogP contribution in [0.2, 0.25) is 0 Å². The van der Waals surface area contributed by atoms with Gasteiger partial charge in [-0.2, -0.15) is 0 Å². The first kappa shape index (κ1) is 175. The van der Waals surface area contributed by atoms with Gasteiger partial charge in [-0.05, 0) is 5.92 Å². The van der Waals surface area contributed by atoms with E-state index in [9.17, 15) is 0 Å². The Hall–Kier alpha value is 0. The first-order valence-electron chi connectivity index (χ1n) is 7.93. The average Bonchev–Trinajstić information content (AvgIpc) is 2.22. The molecule has 0 aliphatic rings. The second kappa shape index (κ2) is 355. The van der Waals surface area contributed by atoms with E-state index in [-0.39, 0.29) is 96.5 Å². The molecule has 0 saturated heterocycles. The molecule has 0 heterocycles. The zero-order valence-electron chi connectivity index (χ0n) is 15.1. The molecule has 0 aromatic heterocycles. The van der Waals surface area contributed by atoms with E-state index < -0.39 is 0 Å². The van der Waals surface area contributed by atoms with Crippen molar-refractivity contribution < 1.29 is 0 Å². The van der Waals surface area contributed by atoms with Crippen LogP contribution < -0.4 is 0 Å². The van der Waals surface area contributed by atoms with E-state index >= 15 is 0 Å². The molecule has 0 fully saturated rings. The largest absolute Gasteiger partial charge is 0.0776 e. The Morgan fingerprint density at radius 1 is 0.300 bits per heavy atom. The lowest BCUT2D eigenvalue weighted by molar-refractivity contribution is 0.626. The zero-order chi connectivity index (χ0) is 15.1. The normalized spacial score (nSPS) is 4.00. The van der Waals surface area contributed by atoms with Crippen LogP contribution in [-0.4, -0.2) is 0 Å². The van der Waals surface area contributed by atoms with E-state index in [0.29, 0.717) is 0 Å². The van der Waals surface area contributed by atoms with Gasteiger partial charge in [0, 0.05) is 0 Å². The summed E-state index contributed by atoms with van der Waals surface area (Å²) in [6.07, 6.45) is 6.31. The van der Waals surface area contributed by atoms with E-state index in [1.54, 1.807) is 0 Å². The molecule has 0 spiro atoms. The fourth-order valence-corrected chi connectivity index (χ4v) is 0. The quantitative estimate of drug-likeness (QED) is 0.367. The van der Waals surface area contributed by atoms with Crippen molar-refractivity contribution in [3.63, 3.8) is 0 Å². The molecule has 0 aromatic rings. The van der Waals surface area contributed by atoms with Crippen molar-refractivity contribution in [2.24, 2.45) is 5.92 Å². The second-order valence-corrected chi connectivity index (χ2v) is 4.63. The van der Waals surface area contributed by atoms with Crippen LogP contribution in [0.1, 0.15) is 205 Å². The lowest BCUT2D eigenvalue weighted by Gasteiger charge is -1.90. The highest BCUT2D eigenvalue weighted by Crippen LogP contribution is 1.93. The van der Waals surface area contributed by atoms with Crippen LogP contribution in [0.4, 0.5) is 0 Å². The molecule has 0 heteroatoms. The van der Waals surface area contributed by atoms with Crippen molar-refractivity contribution in [3.8, 4) is 0 Å². The van der Waals surface area contributed by atoms with Crippen molar-refractivity contribution in [2.75, 3.05) is 0 Å². The fourth-order valence-electron chi connectivity index (χ4n) is 0. The Kier molecular flexibility index (Phi) is 2070. The zero-order valence-corrected chi connectivity index (χ0v) is 15.1. The topological polar surface area (TPSA) is 0 Å². The van der Waals surface area contributed by atoms with Crippen LogP contribution in [0.15, 0.2) is 0 Å². The summed E-state index contributed by atoms with van der Waals surface area (Å²) in [6, 6.07) is 0. The van der Waals surface area contributed by atoms with Gasteiger partial charge in [-0.15, -0.1) is 0 Å². The molecule has 0 amide bonds. The van der Waals surface area contributed by atoms with Gasteiger partial charge in [0.15, 0.2) is 0 Å². The molecule has 30 heavy (non-hydrogen) atoms. The predicted octanol–water partition coefficient (Wildman–Crippen LogP) is 16.0. The van der Waals surface area contributed by atoms with Crippen molar-refractivity contribution in [3.05, 3.63) is 0 Å². The highest BCUT2D eigenvalue weighted by atomic mass is 13.9. The highest BCUT2D eigenvalue weighted by Gasteiger charge is 1.80. The lowest BCUT2D eigenvalue weighted by Crippen LogP contribution is -1.77. The molecule has 0 aromatic carbocycles. The van der Waals surface area contributed by atoms with Crippen molar-refractivity contribution in [1.29, 1.82) is 0 Å². The molecule has 216 valence electrons. The maximum Gasteiger partial charge on any atom is -0.0474 e. The van der Waals surface area contributed by atoms with Crippen LogP contribution in [0.25, 0.3) is 0 Å². The molecule has 0 unspecified atom stereocenters. The van der Waals surface area contributed by atoms with Crippen LogP contribution in [0.3, 0.4) is 0 Å². The molecular formula is C30H96. The molecule has 0 rings (SSSR count). The molecule has 0 bridgehead atoms. The average molecular weight is 457 g/mol. The summed E-state index contributed by atoms with van der Waals surface area (Å²) in [5.74, 6) is 0.884. The molecule has 0 radical (unpaired) electrons. The number of rotatable bonds is 1. The monoisotopic (exact) mass is 457 g/mol. The second-order valence-electron chi connectivity index (χ2n) is 4.63. The maximum absolute atomic E-state index is 2.22. The van der Waals surface area contributed by atoms with E-state index in [1.807, 2.05) is 0 Å². The summed E-state index contributed by atoms with van der Waals surface area (Å²) < 4.78 is 0. The van der Waals surface area contributed by atoms with Crippen LogP contribution >= 0.6 is 0 Å². The van der Waals surface area contributed by atoms with Crippen molar-refractivity contribution in [2.45, 2.75) is 205 Å². The highest BCUT2D eigenvalue weighted by molar-refractivity contribution is 4.32. The van der Waals surface area contributed by atoms with Gasteiger partial charge in [0.05, 0.1) is 0 Å². The van der Waals surface area contributed by atoms with Gasteiger partial charge in [0.2, 0.25) is 0 Å². The van der Waals surface area contributed by atoms with Gasteiger partial charge < -0.3 is 0 Å². The molecule has 0 aliphatic heterocycles. The van der Waals surface area contributed by atoms with Crippen LogP contribution in [0, 0.1) is 5.92 Å². The number of hydrogen-bond donors (Lipinski definition) is 0. The van der Waals surface area contributed by atoms with E-state index in [1.165, 1.54) is 32.1 Å². The third-order valence-corrected chi connectivity index (χ3v) is 0.816. The Bertz CT molecular complexity index is 38.0. The molecule has 0 saturated carbocycles. The van der Waals surface area contributed by atoms with Gasteiger partial charge in [-0.3, -0.25) is 0 Å². The molecule has 0 atom stereocenters. The maximum atomic E-state index is 2.22. The summed E-state index contributed by atoms with van der Waals surface area (Å²) in [7, 11) is 0. The predicted molar refractivity (Wildman–Crippen MR) is 176 cm³/mol. The van der Waals surface area contributed by atoms with E-state index in [2.05, 4.69) is 76.2 Å². The van der Waals surface area contributed by atoms with Crippen LogP contribution in [-0.2, 0) is 0 Å². The van der Waals surface area contributed by atoms with Gasteiger partial charge in [0.1, 0.15) is 0 Å². The third-order valence-electron chi connectivity index (χ3n) is 0.816. The third kappa shape index (κ3) is 5100. The Morgan fingerprint density at radius 3 is 0.333 bits per heavy atom. The standard InChI is InChI=1S/C5H12.4C3H8.13CH4/c1-4-5(2)3;4*1-3-2;;;;;;;;;;;;;/h5H,4H2,1-3H3;4*3H2,1-2H3;13*1H4. The SMILES string of the molecule is C.C.C.C.C.C.C.C.C.C.C.C.C.CCC.CCC.CCC.CCC.CCC(C)C. The summed E-state index contributed by atoms with van der Waals surface area (Å²) >= 11 is 0. The number of hydrogen-bond acceptors (Lipinski definition) is 0. The smallest absolute Gasteiger partial charge is 0.0474 e. The first-order chi connectivity index (χ1) is 7.93. The minimum atomic E-state index is 0. The molecule has 0 aliphatic carbocycles. The summed E-state index contributed by atoms with van der Waals surface area (Å²) in [5.41, 5.74) is 0. The van der Waals surface area contributed by atoms with Gasteiger partial charge in [0.25, 0.3) is 0 Å². The summed E-state index contributed by atoms with van der Waals surface area (Å²) in [5, 5.41) is 0. The first-order valence-corrected chi connectivity index (χ1v) is 7.93. The minimum Gasteiger partial charge on any atom is -0.0776 e. The Balaban J connectivity index is -0.00000000342. The fraction of sp³-hybridized carbons (Fsp3) is 1.00. The summed E-state index contributed by atoms with van der Waals surface area (Å²) in [4.78, 5) is 0. The molecule has 0 nitrogen and oxygen atoms in total. The summed E-state index contributed by atoms with van der Waals surface area (Å²) in [6.45, 7) is 23.6. The van der Waals surface area contributed by atoms with Gasteiger partial charge in [-0.25, -0.2) is 0 Å². The lowest BCUT2D eigenvalue weighted by atomic mass is 10.2. The van der Waals surface area contributed by atoms with Gasteiger partial charge >= 0.3 is 0 Å². The Morgan fingerprint density at radius 2 is 0.333 bits per heavy atom. The van der Waals surface area contributed by atoms with E-state index in [4.69, 9.17) is 0 Å². The van der Waals surface area contributed by atoms with Crippen molar-refractivity contribution in [1.82, 2.24) is 0 Å². The minimum absolute atomic E-state index is 0. The van der Waals surface area contributed by atoms with E-state index in [0.717, 1.165) is 5.92 Å². The van der Waals surface area contributed by atoms with Crippen molar-refractivity contribution >= 4 is 0 Å². The molecular weight excluding hydrogens is 360 g/mol.